The molecule has 7 heteroatoms. The number of nitrogens with one attached hydrogen (secondary N) is 2. The van der Waals surface area contributed by atoms with Gasteiger partial charge in [0, 0.05) is 24.6 Å². The van der Waals surface area contributed by atoms with Gasteiger partial charge in [-0.15, -0.1) is 22.0 Å². The number of anilines is 1. The van der Waals surface area contributed by atoms with E-state index in [0.717, 1.165) is 36.5 Å². The fraction of sp³-hybridized carbons (Fsp3) is 0.400. The highest BCUT2D eigenvalue weighted by molar-refractivity contribution is 7.99. The average Bonchev–Trinajstić information content (AvgIpc) is 3.53. The summed E-state index contributed by atoms with van der Waals surface area (Å²) >= 11 is 1.56. The zero-order valence-corrected chi connectivity index (χ0v) is 16.0. The lowest BCUT2D eigenvalue weighted by Gasteiger charge is -2.06. The van der Waals surface area contributed by atoms with E-state index in [0.29, 0.717) is 18.8 Å². The Morgan fingerprint density at radius 3 is 2.59 bits per heavy atom. The number of rotatable bonds is 10. The minimum absolute atomic E-state index is 0.0305. The molecule has 0 bridgehead atoms. The van der Waals surface area contributed by atoms with Crippen molar-refractivity contribution in [3.63, 3.8) is 0 Å². The van der Waals surface area contributed by atoms with Gasteiger partial charge in [-0.3, -0.25) is 9.59 Å². The molecule has 0 unspecified atom stereocenters. The first kappa shape index (κ1) is 19.4. The number of benzene rings is 1. The van der Waals surface area contributed by atoms with E-state index in [-0.39, 0.29) is 17.7 Å². The topological polar surface area (TPSA) is 84.0 Å². The number of amides is 2. The van der Waals surface area contributed by atoms with Gasteiger partial charge >= 0.3 is 0 Å². The van der Waals surface area contributed by atoms with Crippen LogP contribution in [-0.2, 0) is 16.0 Å². The third-order valence-electron chi connectivity index (χ3n) is 4.22. The predicted molar refractivity (Wildman–Crippen MR) is 106 cm³/mol. The number of hydrogen-bond donors (Lipinski definition) is 2. The second kappa shape index (κ2) is 10.1. The number of nitrogens with zero attached hydrogens (tertiary/aromatic N) is 2. The largest absolute Gasteiger partial charge is 0.356 e. The Morgan fingerprint density at radius 1 is 1.07 bits per heavy atom. The quantitative estimate of drug-likeness (QED) is 0.486. The Bertz CT molecular complexity index is 748. The molecule has 1 aliphatic carbocycles. The molecule has 142 valence electrons. The molecule has 0 aliphatic heterocycles. The Morgan fingerprint density at radius 2 is 1.89 bits per heavy atom. The fourth-order valence-electron chi connectivity index (χ4n) is 2.53. The van der Waals surface area contributed by atoms with Crippen molar-refractivity contribution in [1.29, 1.82) is 0 Å². The molecule has 2 N–H and O–H groups in total. The van der Waals surface area contributed by atoms with Crippen LogP contribution in [0.3, 0.4) is 0 Å². The van der Waals surface area contributed by atoms with E-state index in [1.54, 1.807) is 17.8 Å². The van der Waals surface area contributed by atoms with E-state index in [1.807, 2.05) is 24.3 Å². The molecule has 6 nitrogen and oxygen atoms in total. The van der Waals surface area contributed by atoms with Crippen molar-refractivity contribution in [3.05, 3.63) is 48.0 Å². The van der Waals surface area contributed by atoms with Crippen molar-refractivity contribution in [2.75, 3.05) is 17.6 Å². The molecule has 1 saturated carbocycles. The van der Waals surface area contributed by atoms with Crippen molar-refractivity contribution in [2.24, 2.45) is 5.92 Å². The van der Waals surface area contributed by atoms with Crippen LogP contribution in [0.5, 0.6) is 0 Å². The highest BCUT2D eigenvalue weighted by atomic mass is 32.2. The van der Waals surface area contributed by atoms with Crippen LogP contribution in [0.4, 0.5) is 5.82 Å². The van der Waals surface area contributed by atoms with E-state index in [1.165, 1.54) is 5.56 Å². The molecular weight excluding hydrogens is 360 g/mol. The van der Waals surface area contributed by atoms with E-state index in [2.05, 4.69) is 33.0 Å². The number of thioether (sulfide) groups is 1. The molecule has 0 atom stereocenters. The lowest BCUT2D eigenvalue weighted by Crippen LogP contribution is -2.25. The number of hydrogen-bond acceptors (Lipinski definition) is 5. The third-order valence-corrected chi connectivity index (χ3v) is 5.22. The van der Waals surface area contributed by atoms with Gasteiger partial charge in [0.15, 0.2) is 5.82 Å². The van der Waals surface area contributed by atoms with Gasteiger partial charge in [-0.05, 0) is 43.4 Å². The molecule has 27 heavy (non-hydrogen) atoms. The van der Waals surface area contributed by atoms with Gasteiger partial charge in [-0.25, -0.2) is 0 Å². The first-order valence-electron chi connectivity index (χ1n) is 9.29. The highest BCUT2D eigenvalue weighted by Crippen LogP contribution is 2.30. The zero-order valence-electron chi connectivity index (χ0n) is 15.2. The predicted octanol–water partition coefficient (Wildman–Crippen LogP) is 3.06. The standard InChI is InChI=1S/C20H24N4O2S/c25-18(21-13-12-15-5-2-1-3-6-15)7-4-14-27-19-11-10-17(23-24-19)22-20(26)16-8-9-16/h1-3,5-6,10-11,16H,4,7-9,12-14H2,(H,21,25)(H,22,23,26). The van der Waals surface area contributed by atoms with Crippen molar-refractivity contribution < 1.29 is 9.59 Å². The zero-order chi connectivity index (χ0) is 18.9. The second-order valence-corrected chi connectivity index (χ2v) is 7.67. The average molecular weight is 385 g/mol. The van der Waals surface area contributed by atoms with E-state index in [9.17, 15) is 9.59 Å². The molecule has 1 aromatic carbocycles. The smallest absolute Gasteiger partial charge is 0.228 e. The van der Waals surface area contributed by atoms with Crippen molar-refractivity contribution in [3.8, 4) is 0 Å². The molecule has 0 saturated heterocycles. The van der Waals surface area contributed by atoms with Crippen LogP contribution in [0.2, 0.25) is 0 Å². The summed E-state index contributed by atoms with van der Waals surface area (Å²) in [5.74, 6) is 1.56. The summed E-state index contributed by atoms with van der Waals surface area (Å²) in [5.41, 5.74) is 1.23. The summed E-state index contributed by atoms with van der Waals surface area (Å²) in [7, 11) is 0. The Balaban J connectivity index is 1.27. The fourth-order valence-corrected chi connectivity index (χ4v) is 3.29. The van der Waals surface area contributed by atoms with E-state index >= 15 is 0 Å². The molecule has 0 spiro atoms. The maximum atomic E-state index is 11.9. The first-order valence-corrected chi connectivity index (χ1v) is 10.3. The monoisotopic (exact) mass is 384 g/mol. The molecule has 2 amide bonds. The number of carbonyl (C=O) groups excluding carboxylic acids is 2. The molecule has 1 fully saturated rings. The van der Waals surface area contributed by atoms with Crippen molar-refractivity contribution in [2.45, 2.75) is 37.1 Å². The van der Waals surface area contributed by atoms with Gasteiger partial charge in [0.25, 0.3) is 0 Å². The Kier molecular flexibility index (Phi) is 7.21. The number of aromatic nitrogens is 2. The Hall–Kier alpha value is -2.41. The molecule has 3 rings (SSSR count). The maximum Gasteiger partial charge on any atom is 0.228 e. The Labute approximate surface area is 163 Å². The minimum Gasteiger partial charge on any atom is -0.356 e. The van der Waals surface area contributed by atoms with Crippen LogP contribution in [0.15, 0.2) is 47.5 Å². The van der Waals surface area contributed by atoms with Gasteiger partial charge in [0.05, 0.1) is 0 Å². The molecular formula is C20H24N4O2S. The summed E-state index contributed by atoms with van der Waals surface area (Å²) in [6.45, 7) is 0.662. The van der Waals surface area contributed by atoms with Gasteiger partial charge in [-0.2, -0.15) is 0 Å². The summed E-state index contributed by atoms with van der Waals surface area (Å²) in [6, 6.07) is 13.7. The third kappa shape index (κ3) is 7.02. The van der Waals surface area contributed by atoms with Gasteiger partial charge in [0.2, 0.25) is 11.8 Å². The first-order chi connectivity index (χ1) is 13.2. The second-order valence-electron chi connectivity index (χ2n) is 6.56. The summed E-state index contributed by atoms with van der Waals surface area (Å²) in [5, 5.41) is 14.7. The van der Waals surface area contributed by atoms with Crippen LogP contribution >= 0.6 is 11.8 Å². The lowest BCUT2D eigenvalue weighted by atomic mass is 10.1. The van der Waals surface area contributed by atoms with Crippen LogP contribution in [-0.4, -0.2) is 34.3 Å². The van der Waals surface area contributed by atoms with Crippen molar-refractivity contribution in [1.82, 2.24) is 15.5 Å². The SMILES string of the molecule is O=C(CCCSc1ccc(NC(=O)C2CC2)nn1)NCCc1ccccc1. The molecule has 1 aliphatic rings. The molecule has 2 aromatic rings. The van der Waals surface area contributed by atoms with Gasteiger partial charge in [-0.1, -0.05) is 30.3 Å². The van der Waals surface area contributed by atoms with Gasteiger partial charge < -0.3 is 10.6 Å². The molecule has 1 aromatic heterocycles. The molecule has 1 heterocycles. The normalized spacial score (nSPS) is 13.2. The van der Waals surface area contributed by atoms with Gasteiger partial charge in [0.1, 0.15) is 5.03 Å². The van der Waals surface area contributed by atoms with Crippen molar-refractivity contribution >= 4 is 29.4 Å². The lowest BCUT2D eigenvalue weighted by molar-refractivity contribution is -0.121. The highest BCUT2D eigenvalue weighted by Gasteiger charge is 2.29. The van der Waals surface area contributed by atoms with Crippen LogP contribution < -0.4 is 10.6 Å². The minimum atomic E-state index is 0.0305. The summed E-state index contributed by atoms with van der Waals surface area (Å²) in [6.07, 6.45) is 4.06. The van der Waals surface area contributed by atoms with Crippen LogP contribution in [0.1, 0.15) is 31.2 Å². The van der Waals surface area contributed by atoms with E-state index < -0.39 is 0 Å². The van der Waals surface area contributed by atoms with Crippen LogP contribution in [0.25, 0.3) is 0 Å². The van der Waals surface area contributed by atoms with E-state index in [4.69, 9.17) is 0 Å². The summed E-state index contributed by atoms with van der Waals surface area (Å²) in [4.78, 5) is 23.5. The van der Waals surface area contributed by atoms with Crippen LogP contribution in [0, 0.1) is 5.92 Å². The maximum absolute atomic E-state index is 11.9. The molecule has 0 radical (unpaired) electrons. The number of carbonyl (C=O) groups is 2. The summed E-state index contributed by atoms with van der Waals surface area (Å²) < 4.78 is 0.